The molecule has 46 heteroatoms. The van der Waals surface area contributed by atoms with E-state index in [9.17, 15) is 48.3 Å². The average Bonchev–Trinajstić information content (AvgIpc) is 1.63. The van der Waals surface area contributed by atoms with E-state index in [-0.39, 0.29) is 237 Å². The highest BCUT2D eigenvalue weighted by Gasteiger charge is 2.43. The molecular weight excluding hydrogens is 2190 g/mol. The molecule has 9 amide bonds. The molecule has 3 aromatic rings. The smallest absolute Gasteiger partial charge is 0.236 e. The Hall–Kier alpha value is -3.43. The highest BCUT2D eigenvalue weighted by atomic mass is 79.9. The molecule has 1 atom stereocenters. The van der Waals surface area contributed by atoms with Gasteiger partial charge in [-0.1, -0.05) is 159 Å². The normalized spacial score (nSPS) is 13.5. The lowest BCUT2D eigenvalue weighted by atomic mass is 9.87. The number of hydrogen-bond acceptors (Lipinski definition) is 25. The number of nitrogens with one attached hydrogen (secondary N) is 9. The van der Waals surface area contributed by atoms with Crippen molar-refractivity contribution in [3.05, 3.63) is 35.7 Å². The number of alkyl halides is 9. The van der Waals surface area contributed by atoms with Gasteiger partial charge < -0.3 is 96.0 Å². The van der Waals surface area contributed by atoms with Crippen molar-refractivity contribution in [3.63, 3.8) is 0 Å². The molecule has 0 spiro atoms. The minimum atomic E-state index is -1.17. The molecule has 11 N–H and O–H groups in total. The lowest BCUT2D eigenvalue weighted by Gasteiger charge is -2.36. The largest absolute Gasteiger partial charge is 0.394 e. The lowest BCUT2D eigenvalue weighted by molar-refractivity contribution is -0.126. The standard InChI is InChI=1S/C76H127Br9N18O19/c1-64(2,77)55(106)86-35-73(36-87-56(107)65(3,4)78,37-88-57(108)66(5,6)79)47-120-31-51-27-101(98-95-51)44-76(50-119-26-24-117-22-20-115-19-21-116-23-25-118-34-54(105)30-104,45-102-28-52(96-99-102)32-121-48-74(38-89-58(109)67(7,8)80,39-90-59(110)68(9,10)81)40-91-60(111)69(11,12)82)46-103-29-53(97-100-103)33-122-49-75(41-92-61(112)70(13,14)83,42-93-62(113)71(15,16)84)43-94-63(114)72(17,18)85/h27-29,54,104-105H,19-26,30-50H2,1-18H3,(H,86,106)(H,87,107)(H,88,108)(H,89,109)(H,90,110)(H,91,111)(H,92,112)(H,93,113)(H,94,114). The summed E-state index contributed by atoms with van der Waals surface area (Å²) < 4.78 is 44.5. The van der Waals surface area contributed by atoms with Crippen LogP contribution in [-0.2, 0) is 121 Å². The minimum Gasteiger partial charge on any atom is -0.394 e. The molecule has 3 heterocycles. The number of halogens is 9. The zero-order chi connectivity index (χ0) is 92.6. The van der Waals surface area contributed by atoms with Crippen molar-refractivity contribution >= 4 is 197 Å². The van der Waals surface area contributed by atoms with E-state index < -0.39 is 73.3 Å². The Bertz CT molecular complexity index is 3210. The van der Waals surface area contributed by atoms with Gasteiger partial charge in [0.1, 0.15) is 23.2 Å². The fourth-order valence-corrected chi connectivity index (χ4v) is 11.8. The van der Waals surface area contributed by atoms with Crippen molar-refractivity contribution in [2.75, 3.05) is 151 Å². The first-order chi connectivity index (χ1) is 56.1. The molecule has 0 radical (unpaired) electrons. The van der Waals surface area contributed by atoms with Crippen molar-refractivity contribution in [2.24, 2.45) is 21.7 Å². The van der Waals surface area contributed by atoms with E-state index >= 15 is 0 Å². The van der Waals surface area contributed by atoms with Crippen molar-refractivity contribution in [1.82, 2.24) is 92.8 Å². The van der Waals surface area contributed by atoms with Gasteiger partial charge >= 0.3 is 0 Å². The molecular formula is C76H127Br9N18O19. The number of nitrogens with zero attached hydrogens (tertiary/aromatic N) is 9. The van der Waals surface area contributed by atoms with Crippen LogP contribution in [0.15, 0.2) is 18.6 Å². The summed E-state index contributed by atoms with van der Waals surface area (Å²) in [5.41, 5.74) is -3.63. The van der Waals surface area contributed by atoms with Crippen molar-refractivity contribution in [1.29, 1.82) is 0 Å². The summed E-state index contributed by atoms with van der Waals surface area (Å²) in [6.45, 7) is 29.9. The maximum atomic E-state index is 13.5. The SMILES string of the molecule is CC(C)(Br)C(=O)NCC(CNC(=O)C(C)(C)Br)(CNC(=O)C(C)(C)Br)COCc1cn(CC(COCCOCCOCCOCCOCC(O)CO)(Cn2cc(COCC(CNC(=O)C(C)(C)Br)(CNC(=O)C(C)(C)Br)CNC(=O)C(C)(C)Br)nn2)Cn2cc(COCC(CNC(=O)C(C)(C)Br)(CNC(=O)C(C)(C)Br)CNC(=O)C(C)(C)Br)nn2)nn1. The number of rotatable bonds is 62. The monoisotopic (exact) mass is 2310 g/mol. The van der Waals surface area contributed by atoms with Crippen LogP contribution < -0.4 is 47.9 Å². The fourth-order valence-electron chi connectivity index (χ4n) is 10.5. The highest BCUT2D eigenvalue weighted by molar-refractivity contribution is 9.11. The van der Waals surface area contributed by atoms with Gasteiger partial charge in [0.15, 0.2) is 0 Å². The maximum Gasteiger partial charge on any atom is 0.236 e. The second-order valence-corrected chi connectivity index (χ2v) is 52.7. The van der Waals surface area contributed by atoms with Crippen LogP contribution in [0.1, 0.15) is 142 Å². The Kier molecular flexibility index (Phi) is 46.8. The molecule has 0 aliphatic rings. The zero-order valence-corrected chi connectivity index (χ0v) is 87.4. The molecule has 3 aromatic heterocycles. The number of carbonyl (C=O) groups excluding carboxylic acids is 9. The summed E-state index contributed by atoms with van der Waals surface area (Å²) in [6, 6.07) is 0. The molecule has 0 saturated heterocycles. The summed E-state index contributed by atoms with van der Waals surface area (Å²) in [6.07, 6.45) is 4.05. The van der Waals surface area contributed by atoms with Crippen LogP contribution in [0.3, 0.4) is 0 Å². The average molecular weight is 2320 g/mol. The summed E-state index contributed by atoms with van der Waals surface area (Å²) in [7, 11) is 0. The predicted octanol–water partition coefficient (Wildman–Crippen LogP) is 5.40. The summed E-state index contributed by atoms with van der Waals surface area (Å²) in [4.78, 5) is 122. The zero-order valence-electron chi connectivity index (χ0n) is 73.1. The van der Waals surface area contributed by atoms with Crippen molar-refractivity contribution in [3.8, 4) is 0 Å². The number of aromatic nitrogens is 9. The number of amides is 9. The second kappa shape index (κ2) is 50.7. The van der Waals surface area contributed by atoms with E-state index in [1.165, 1.54) is 0 Å². The molecule has 0 bridgehead atoms. The van der Waals surface area contributed by atoms with Gasteiger partial charge in [0.25, 0.3) is 0 Å². The molecule has 3 rings (SSSR count). The van der Waals surface area contributed by atoms with Crippen LogP contribution in [-0.4, -0.2) is 305 Å². The number of aliphatic hydroxyl groups excluding tert-OH is 2. The van der Waals surface area contributed by atoms with Crippen molar-refractivity contribution in [2.45, 2.75) is 209 Å². The number of aliphatic hydroxyl groups is 2. The van der Waals surface area contributed by atoms with Crippen molar-refractivity contribution < 1.29 is 91.3 Å². The number of carbonyl (C=O) groups is 9. The third kappa shape index (κ3) is 43.8. The van der Waals surface area contributed by atoms with Crippen LogP contribution in [0.2, 0.25) is 0 Å². The number of ether oxygens (including phenoxy) is 8. The van der Waals surface area contributed by atoms with Gasteiger partial charge in [-0.05, 0) is 125 Å². The lowest BCUT2D eigenvalue weighted by Crippen LogP contribution is -2.57. The van der Waals surface area contributed by atoms with E-state index in [4.69, 9.17) is 43.0 Å². The Morgan fingerprint density at radius 3 is 0.672 bits per heavy atom. The molecule has 1 unspecified atom stereocenters. The third-order valence-electron chi connectivity index (χ3n) is 18.1. The first-order valence-electron chi connectivity index (χ1n) is 39.4. The summed E-state index contributed by atoms with van der Waals surface area (Å²) in [5, 5.41) is 72.9. The summed E-state index contributed by atoms with van der Waals surface area (Å²) in [5.74, 6) is -3.29. The molecule has 0 aliphatic heterocycles. The van der Waals surface area contributed by atoms with E-state index in [1.54, 1.807) is 157 Å². The van der Waals surface area contributed by atoms with Crippen LogP contribution in [0.4, 0.5) is 0 Å². The van der Waals surface area contributed by atoms with E-state index in [0.29, 0.717) is 17.1 Å². The third-order valence-corrected chi connectivity index (χ3v) is 21.4. The first-order valence-corrected chi connectivity index (χ1v) is 46.5. The quantitative estimate of drug-likeness (QED) is 0.0249. The van der Waals surface area contributed by atoms with Gasteiger partial charge in [0.05, 0.1) is 195 Å². The molecule has 0 aromatic carbocycles. The van der Waals surface area contributed by atoms with Gasteiger partial charge in [-0.15, -0.1) is 15.3 Å². The molecule has 698 valence electrons. The maximum absolute atomic E-state index is 13.5. The molecule has 0 aliphatic carbocycles. The minimum absolute atomic E-state index is 0.00646. The Balaban J connectivity index is 2.31. The topological polar surface area (TPSA) is 468 Å². The van der Waals surface area contributed by atoms with E-state index in [0.717, 1.165) is 0 Å². The Morgan fingerprint density at radius 2 is 0.484 bits per heavy atom. The first kappa shape index (κ1) is 113. The van der Waals surface area contributed by atoms with Gasteiger partial charge in [-0.2, -0.15) is 0 Å². The Labute approximate surface area is 791 Å². The molecule has 0 saturated carbocycles. The van der Waals surface area contributed by atoms with Gasteiger partial charge in [0.2, 0.25) is 53.2 Å². The fraction of sp³-hybridized carbons (Fsp3) is 0.803. The highest BCUT2D eigenvalue weighted by Crippen LogP contribution is 2.31. The molecule has 37 nitrogen and oxygen atoms in total. The van der Waals surface area contributed by atoms with Gasteiger partial charge in [-0.3, -0.25) is 57.2 Å². The predicted molar refractivity (Wildman–Crippen MR) is 490 cm³/mol. The van der Waals surface area contributed by atoms with Crippen LogP contribution >= 0.6 is 143 Å². The van der Waals surface area contributed by atoms with E-state index in [2.05, 4.69) is 222 Å². The number of hydrogen-bond donors (Lipinski definition) is 11. The van der Waals surface area contributed by atoms with Gasteiger partial charge in [-0.25, -0.2) is 0 Å². The Morgan fingerprint density at radius 1 is 0.303 bits per heavy atom. The molecule has 122 heavy (non-hydrogen) atoms. The van der Waals surface area contributed by atoms with E-state index in [1.807, 2.05) is 0 Å². The van der Waals surface area contributed by atoms with Crippen LogP contribution in [0.25, 0.3) is 0 Å². The second-order valence-electron chi connectivity index (χ2n) is 34.9. The molecule has 0 fully saturated rings. The van der Waals surface area contributed by atoms with Crippen LogP contribution in [0, 0.1) is 21.7 Å². The van der Waals surface area contributed by atoms with Crippen LogP contribution in [0.5, 0.6) is 0 Å². The van der Waals surface area contributed by atoms with Gasteiger partial charge in [0, 0.05) is 75.1 Å². The summed E-state index contributed by atoms with van der Waals surface area (Å²) >= 11 is 31.0.